The monoisotopic (exact) mass is 304 g/mol. The molecule has 0 saturated carbocycles. The van der Waals surface area contributed by atoms with E-state index in [0.29, 0.717) is 5.56 Å². The lowest BCUT2D eigenvalue weighted by molar-refractivity contribution is -0.274. The zero-order chi connectivity index (χ0) is 14.8. The highest BCUT2D eigenvalue weighted by Crippen LogP contribution is 2.36. The van der Waals surface area contributed by atoms with Gasteiger partial charge in [0, 0.05) is 11.4 Å². The van der Waals surface area contributed by atoms with E-state index in [9.17, 15) is 17.6 Å². The number of hydrogen-bond donors (Lipinski definition) is 0. The SMILES string of the molecule is Fc1ccc(CCl)c(-c2ccccc2OC(F)(F)F)c1. The maximum Gasteiger partial charge on any atom is 0.573 e. The smallest absolute Gasteiger partial charge is 0.405 e. The van der Waals surface area contributed by atoms with Gasteiger partial charge in [-0.15, -0.1) is 24.8 Å². The van der Waals surface area contributed by atoms with Gasteiger partial charge in [-0.3, -0.25) is 0 Å². The second-order valence-corrected chi connectivity index (χ2v) is 4.25. The lowest BCUT2D eigenvalue weighted by Gasteiger charge is -2.15. The van der Waals surface area contributed by atoms with E-state index >= 15 is 0 Å². The fourth-order valence-electron chi connectivity index (χ4n) is 1.82. The molecule has 6 heteroatoms. The molecule has 2 aromatic rings. The molecular weight excluding hydrogens is 296 g/mol. The van der Waals surface area contributed by atoms with E-state index < -0.39 is 17.9 Å². The summed E-state index contributed by atoms with van der Waals surface area (Å²) in [5.41, 5.74) is 0.936. The predicted octanol–water partition coefficient (Wildman–Crippen LogP) is 5.13. The molecule has 2 aromatic carbocycles. The Morgan fingerprint density at radius 2 is 1.70 bits per heavy atom. The number of ether oxygens (including phenoxy) is 1. The van der Waals surface area contributed by atoms with Crippen LogP contribution in [0.1, 0.15) is 5.56 Å². The van der Waals surface area contributed by atoms with Crippen molar-refractivity contribution in [3.63, 3.8) is 0 Å². The highest BCUT2D eigenvalue weighted by atomic mass is 35.5. The summed E-state index contributed by atoms with van der Waals surface area (Å²) >= 11 is 5.73. The molecule has 0 fully saturated rings. The molecule has 1 nitrogen and oxygen atoms in total. The Kier molecular flexibility index (Phi) is 4.18. The van der Waals surface area contributed by atoms with E-state index in [1.165, 1.54) is 30.3 Å². The van der Waals surface area contributed by atoms with Gasteiger partial charge >= 0.3 is 6.36 Å². The van der Waals surface area contributed by atoms with Crippen LogP contribution < -0.4 is 4.74 Å². The van der Waals surface area contributed by atoms with Gasteiger partial charge in [0.2, 0.25) is 0 Å². The molecule has 0 unspecified atom stereocenters. The number of hydrogen-bond acceptors (Lipinski definition) is 1. The van der Waals surface area contributed by atoms with E-state index in [1.807, 2.05) is 0 Å². The summed E-state index contributed by atoms with van der Waals surface area (Å²) in [5, 5.41) is 0. The minimum Gasteiger partial charge on any atom is -0.405 e. The second kappa shape index (κ2) is 5.71. The van der Waals surface area contributed by atoms with E-state index in [4.69, 9.17) is 11.6 Å². The van der Waals surface area contributed by atoms with Crippen LogP contribution in [0.3, 0.4) is 0 Å². The Labute approximate surface area is 117 Å². The van der Waals surface area contributed by atoms with Crippen molar-refractivity contribution in [3.05, 3.63) is 53.8 Å². The molecule has 0 saturated heterocycles. The van der Waals surface area contributed by atoms with Gasteiger partial charge in [-0.2, -0.15) is 0 Å². The molecular formula is C14H9ClF4O. The van der Waals surface area contributed by atoms with Gasteiger partial charge in [0.15, 0.2) is 0 Å². The van der Waals surface area contributed by atoms with Gasteiger partial charge in [0.05, 0.1) is 0 Å². The van der Waals surface area contributed by atoms with Crippen molar-refractivity contribution < 1.29 is 22.3 Å². The second-order valence-electron chi connectivity index (χ2n) is 3.98. The minimum atomic E-state index is -4.81. The zero-order valence-corrected chi connectivity index (χ0v) is 10.8. The van der Waals surface area contributed by atoms with Gasteiger partial charge in [0.1, 0.15) is 11.6 Å². The van der Waals surface area contributed by atoms with Gasteiger partial charge in [-0.25, -0.2) is 4.39 Å². The quantitative estimate of drug-likeness (QED) is 0.564. The molecule has 0 spiro atoms. The molecule has 0 aliphatic carbocycles. The first-order valence-electron chi connectivity index (χ1n) is 5.60. The molecule has 20 heavy (non-hydrogen) atoms. The van der Waals surface area contributed by atoms with Crippen molar-refractivity contribution in [2.75, 3.05) is 0 Å². The van der Waals surface area contributed by atoms with Crippen LogP contribution in [-0.2, 0) is 5.88 Å². The lowest BCUT2D eigenvalue weighted by Crippen LogP contribution is -2.17. The molecule has 0 amide bonds. The Morgan fingerprint density at radius 1 is 1.00 bits per heavy atom. The Balaban J connectivity index is 2.55. The Hall–Kier alpha value is -1.75. The molecule has 0 bridgehead atoms. The topological polar surface area (TPSA) is 9.23 Å². The zero-order valence-electron chi connectivity index (χ0n) is 10.0. The summed E-state index contributed by atoms with van der Waals surface area (Å²) in [4.78, 5) is 0. The number of alkyl halides is 4. The molecule has 0 heterocycles. The fourth-order valence-corrected chi connectivity index (χ4v) is 2.05. The normalized spacial score (nSPS) is 11.4. The minimum absolute atomic E-state index is 0.0516. The summed E-state index contributed by atoms with van der Waals surface area (Å²) in [7, 11) is 0. The summed E-state index contributed by atoms with van der Waals surface area (Å²) in [6, 6.07) is 9.32. The summed E-state index contributed by atoms with van der Waals surface area (Å²) < 4.78 is 54.4. The summed E-state index contributed by atoms with van der Waals surface area (Å²) in [6.45, 7) is 0. The molecule has 106 valence electrons. The van der Waals surface area contributed by atoms with Crippen molar-refractivity contribution in [2.24, 2.45) is 0 Å². The first kappa shape index (κ1) is 14.7. The summed E-state index contributed by atoms with van der Waals surface area (Å²) in [5.74, 6) is -0.900. The van der Waals surface area contributed by atoms with Gasteiger partial charge in [-0.1, -0.05) is 24.3 Å². The molecule has 2 rings (SSSR count). The van der Waals surface area contributed by atoms with Crippen LogP contribution in [0.5, 0.6) is 5.75 Å². The third-order valence-corrected chi connectivity index (χ3v) is 2.91. The van der Waals surface area contributed by atoms with Crippen molar-refractivity contribution in [1.82, 2.24) is 0 Å². The third kappa shape index (κ3) is 3.42. The van der Waals surface area contributed by atoms with Gasteiger partial charge in [0.25, 0.3) is 0 Å². The van der Waals surface area contributed by atoms with Crippen LogP contribution in [0.25, 0.3) is 11.1 Å². The van der Waals surface area contributed by atoms with Crippen molar-refractivity contribution in [1.29, 1.82) is 0 Å². The van der Waals surface area contributed by atoms with E-state index in [2.05, 4.69) is 4.74 Å². The third-order valence-electron chi connectivity index (χ3n) is 2.62. The van der Waals surface area contributed by atoms with Gasteiger partial charge < -0.3 is 4.74 Å². The fraction of sp³-hybridized carbons (Fsp3) is 0.143. The van der Waals surface area contributed by atoms with Crippen LogP contribution in [0.15, 0.2) is 42.5 Å². The highest BCUT2D eigenvalue weighted by Gasteiger charge is 2.32. The molecule has 0 atom stereocenters. The van der Waals surface area contributed by atoms with E-state index in [-0.39, 0.29) is 17.0 Å². The van der Waals surface area contributed by atoms with Crippen LogP contribution in [0.2, 0.25) is 0 Å². The van der Waals surface area contributed by atoms with Crippen LogP contribution in [-0.4, -0.2) is 6.36 Å². The molecule has 0 aromatic heterocycles. The average Bonchev–Trinajstić information content (AvgIpc) is 2.37. The first-order chi connectivity index (χ1) is 9.40. The molecule has 0 N–H and O–H groups in total. The standard InChI is InChI=1S/C14H9ClF4O/c15-8-9-5-6-10(16)7-12(9)11-3-1-2-4-13(11)20-14(17,18)19/h1-7H,8H2. The number of halogens is 5. The van der Waals surface area contributed by atoms with Crippen LogP contribution in [0, 0.1) is 5.82 Å². The van der Waals surface area contributed by atoms with Crippen molar-refractivity contribution in [3.8, 4) is 16.9 Å². The first-order valence-corrected chi connectivity index (χ1v) is 6.13. The van der Waals surface area contributed by atoms with E-state index in [1.54, 1.807) is 6.07 Å². The maximum atomic E-state index is 13.3. The van der Waals surface area contributed by atoms with Crippen LogP contribution in [0.4, 0.5) is 17.6 Å². The number of rotatable bonds is 3. The lowest BCUT2D eigenvalue weighted by atomic mass is 9.99. The molecule has 0 aliphatic heterocycles. The Bertz CT molecular complexity index is 610. The average molecular weight is 305 g/mol. The van der Waals surface area contributed by atoms with Gasteiger partial charge in [-0.05, 0) is 29.3 Å². The van der Waals surface area contributed by atoms with E-state index in [0.717, 1.165) is 6.07 Å². The predicted molar refractivity (Wildman–Crippen MR) is 68.1 cm³/mol. The highest BCUT2D eigenvalue weighted by molar-refractivity contribution is 6.17. The van der Waals surface area contributed by atoms with Crippen molar-refractivity contribution in [2.45, 2.75) is 12.2 Å². The van der Waals surface area contributed by atoms with Crippen molar-refractivity contribution >= 4 is 11.6 Å². The molecule has 0 radical (unpaired) electrons. The summed E-state index contributed by atoms with van der Waals surface area (Å²) in [6.07, 6.45) is -4.81. The number of para-hydroxylation sites is 1. The maximum absolute atomic E-state index is 13.3. The number of benzene rings is 2. The largest absolute Gasteiger partial charge is 0.573 e. The Morgan fingerprint density at radius 3 is 2.35 bits per heavy atom. The van der Waals surface area contributed by atoms with Crippen LogP contribution >= 0.6 is 11.6 Å². The molecule has 0 aliphatic rings.